The minimum Gasteiger partial charge on any atom is -0.492 e. The second-order valence-electron chi connectivity index (χ2n) is 26.5. The molecule has 446 valence electrons. The molecule has 16 nitrogen and oxygen atoms in total. The predicted octanol–water partition coefficient (Wildman–Crippen LogP) is 9.51. The number of hydrogen-bond donors (Lipinski definition) is 3. The van der Waals surface area contributed by atoms with Crippen LogP contribution in [-0.4, -0.2) is 107 Å². The molecule has 2 aromatic heterocycles. The minimum atomic E-state index is -1.92. The van der Waals surface area contributed by atoms with Gasteiger partial charge in [0.05, 0.1) is 45.7 Å². The summed E-state index contributed by atoms with van der Waals surface area (Å²) in [4.78, 5) is 88.8. The number of pyridine rings is 2. The third kappa shape index (κ3) is 8.84. The Kier molecular flexibility index (Phi) is 14.5. The molecular formula is C64H78ClF2N5O11. The number of carbonyl (C=O) groups excluding carboxylic acids is 4. The predicted molar refractivity (Wildman–Crippen MR) is 311 cm³/mol. The van der Waals surface area contributed by atoms with Crippen molar-refractivity contribution in [3.8, 4) is 5.75 Å². The number of allylic oxidation sites excluding steroid dienone is 1. The van der Waals surface area contributed by atoms with E-state index in [1.54, 1.807) is 31.7 Å². The second-order valence-corrected chi connectivity index (χ2v) is 26.9. The highest BCUT2D eigenvalue weighted by atomic mass is 35.5. The number of anilines is 2. The summed E-state index contributed by atoms with van der Waals surface area (Å²) in [5.74, 6) is -4.44. The smallest absolute Gasteiger partial charge is 0.344 e. The molecule has 4 N–H and O–H groups in total. The van der Waals surface area contributed by atoms with E-state index >= 15 is 8.78 Å². The van der Waals surface area contributed by atoms with E-state index in [0.29, 0.717) is 68.3 Å². The number of methoxy groups -OCH3 is 1. The van der Waals surface area contributed by atoms with Gasteiger partial charge in [0.25, 0.3) is 0 Å². The number of aromatic nitrogens is 2. The second kappa shape index (κ2) is 20.8. The highest BCUT2D eigenvalue weighted by Gasteiger charge is 2.68. The van der Waals surface area contributed by atoms with Gasteiger partial charge in [0, 0.05) is 91.0 Å². The van der Waals surface area contributed by atoms with Gasteiger partial charge in [0.15, 0.2) is 29.8 Å². The van der Waals surface area contributed by atoms with Gasteiger partial charge in [-0.15, -0.1) is 0 Å². The number of aliphatic hydroxyl groups excluding tert-OH is 1. The molecule has 12 rings (SSSR count). The molecule has 7 fully saturated rings. The Morgan fingerprint density at radius 3 is 2.04 bits per heavy atom. The Labute approximate surface area is 486 Å². The number of hydrogen-bond acceptors (Lipinski definition) is 14. The van der Waals surface area contributed by atoms with E-state index in [0.717, 1.165) is 44.1 Å². The lowest BCUT2D eigenvalue weighted by atomic mass is 9.45. The average Bonchev–Trinajstić information content (AvgIpc) is 1.82. The monoisotopic (exact) mass is 1170 g/mol. The summed E-state index contributed by atoms with van der Waals surface area (Å²) in [7, 11) is 1.40. The fourth-order valence-electron chi connectivity index (χ4n) is 17.1. The quantitative estimate of drug-likeness (QED) is 0.119. The van der Waals surface area contributed by atoms with E-state index in [2.05, 4.69) is 6.92 Å². The maximum atomic E-state index is 17.4. The molecule has 4 aromatic rings. The van der Waals surface area contributed by atoms with Gasteiger partial charge in [0.1, 0.15) is 28.5 Å². The van der Waals surface area contributed by atoms with Crippen molar-refractivity contribution in [2.24, 2.45) is 40.2 Å². The molecule has 2 aliphatic heterocycles. The Balaban J connectivity index is 0.795. The Bertz CT molecular complexity index is 3630. The zero-order valence-electron chi connectivity index (χ0n) is 49.0. The van der Waals surface area contributed by atoms with Crippen molar-refractivity contribution in [1.29, 1.82) is 0 Å². The number of piperidine rings is 1. The van der Waals surface area contributed by atoms with Crippen molar-refractivity contribution in [2.75, 3.05) is 49.7 Å². The van der Waals surface area contributed by atoms with Crippen molar-refractivity contribution in [3.05, 3.63) is 82.4 Å². The first-order valence-electron chi connectivity index (χ1n) is 30.2. The molecule has 19 heteroatoms. The molecule has 6 aliphatic carbocycles. The number of aliphatic hydroxyl groups is 2. The topological polar surface area (TPSA) is 213 Å². The van der Waals surface area contributed by atoms with E-state index in [-0.39, 0.29) is 140 Å². The molecule has 8 aliphatic rings. The SMILES string of the molecule is COc1c(N2CCC(OC(=O)c3c(C)n(C4CC4)c4c(Cl)c(N5CCCC[C@@H](N)C5)c(F)c(C)c4c3=O)C(C)C2)c(F)c(C)c2c(=O)c(C(=O)OCC(=O)[C@@]3(O)CC[C@H]4[C@@H]5CCC6=CC(=O)CC[C@]6(C)[C@H]5[C@@H](O)C[C@@]43C)c(C)n(C3CC3)c12. The average molecular weight is 1170 g/mol. The van der Waals surface area contributed by atoms with Crippen LogP contribution in [0.1, 0.15) is 172 Å². The highest BCUT2D eigenvalue weighted by Crippen LogP contribution is 2.68. The number of halogens is 3. The van der Waals surface area contributed by atoms with Crippen LogP contribution in [0.2, 0.25) is 5.02 Å². The molecule has 2 saturated heterocycles. The summed E-state index contributed by atoms with van der Waals surface area (Å²) in [5, 5.41) is 24.5. The van der Waals surface area contributed by atoms with Gasteiger partial charge in [-0.05, 0) is 134 Å². The van der Waals surface area contributed by atoms with Crippen molar-refractivity contribution < 1.29 is 52.4 Å². The Morgan fingerprint density at radius 1 is 0.783 bits per heavy atom. The standard InChI is InChI=1S/C64H78ClF2N5O11/c1-30-27-70(24-20-43(30)83-61(79)48-34(5)71(37-13-14-37)53-45(57(48)76)31(2)51(66)55(50(53)65)69-23-10-9-11-36(68)28-69)56-52(67)32(3)46-54(59(56)81-8)72(38-15-16-38)33(4)47(58(46)77)60(78)82-29-44(75)64(80)22-19-41-40-17-12-35-25-39(73)18-21-62(35,6)49(40)42(74)26-63(41,64)7/h25,30,36-38,40-43,49,74,80H,9-24,26-29,68H2,1-8H3/t30?,36-,40+,41+,42+,43?,49-,62+,63+,64+/m1/s1. The summed E-state index contributed by atoms with van der Waals surface area (Å²) in [6, 6.07) is -0.406. The van der Waals surface area contributed by atoms with Crippen molar-refractivity contribution in [1.82, 2.24) is 9.13 Å². The maximum Gasteiger partial charge on any atom is 0.344 e. The molecule has 10 atom stereocenters. The van der Waals surface area contributed by atoms with Crippen LogP contribution in [0.3, 0.4) is 0 Å². The number of rotatable bonds is 11. The Hall–Kier alpha value is -5.69. The van der Waals surface area contributed by atoms with Gasteiger partial charge in [-0.25, -0.2) is 18.4 Å². The molecule has 2 unspecified atom stereocenters. The van der Waals surface area contributed by atoms with Crippen LogP contribution in [-0.2, 0) is 19.1 Å². The number of ketones is 2. The number of esters is 2. The van der Waals surface area contributed by atoms with Crippen LogP contribution < -0.4 is 31.1 Å². The van der Waals surface area contributed by atoms with E-state index in [9.17, 15) is 39.0 Å². The van der Waals surface area contributed by atoms with Gasteiger partial charge < -0.3 is 49.1 Å². The molecule has 0 amide bonds. The van der Waals surface area contributed by atoms with Crippen LogP contribution in [0.4, 0.5) is 20.2 Å². The fourth-order valence-corrected chi connectivity index (χ4v) is 17.5. The number of ether oxygens (including phenoxy) is 3. The van der Waals surface area contributed by atoms with E-state index in [1.165, 1.54) is 14.0 Å². The number of carbonyl (C=O) groups is 4. The largest absolute Gasteiger partial charge is 0.492 e. The van der Waals surface area contributed by atoms with Gasteiger partial charge in [0.2, 0.25) is 16.6 Å². The highest BCUT2D eigenvalue weighted by molar-refractivity contribution is 6.38. The third-order valence-corrected chi connectivity index (χ3v) is 22.0. The molecule has 0 bridgehead atoms. The van der Waals surface area contributed by atoms with Crippen molar-refractivity contribution >= 4 is 68.3 Å². The van der Waals surface area contributed by atoms with E-state index in [4.69, 9.17) is 31.5 Å². The lowest BCUT2D eigenvalue weighted by Crippen LogP contribution is -2.62. The number of Topliss-reactive ketones (excluding diaryl/α,β-unsaturated/α-hetero) is 1. The summed E-state index contributed by atoms with van der Waals surface area (Å²) in [6.07, 6.45) is 9.25. The van der Waals surface area contributed by atoms with Crippen LogP contribution in [0.25, 0.3) is 21.8 Å². The van der Waals surface area contributed by atoms with E-state index < -0.39 is 76.0 Å². The van der Waals surface area contributed by atoms with Crippen LogP contribution in [0, 0.1) is 73.8 Å². The number of nitrogens with zero attached hydrogens (tertiary/aromatic N) is 4. The normalized spacial score (nSPS) is 30.8. The van der Waals surface area contributed by atoms with Crippen molar-refractivity contribution in [3.63, 3.8) is 0 Å². The van der Waals surface area contributed by atoms with Crippen LogP contribution in [0.15, 0.2) is 21.2 Å². The first-order chi connectivity index (χ1) is 39.4. The summed E-state index contributed by atoms with van der Waals surface area (Å²) >= 11 is 7.18. The number of fused-ring (bicyclic) bond motifs is 7. The fraction of sp³-hybridized carbons (Fsp3) is 0.625. The molecule has 2 aromatic carbocycles. The lowest BCUT2D eigenvalue weighted by Gasteiger charge is -2.60. The van der Waals surface area contributed by atoms with E-state index in [1.807, 2.05) is 27.9 Å². The first kappa shape index (κ1) is 57.7. The van der Waals surface area contributed by atoms with Crippen LogP contribution >= 0.6 is 11.6 Å². The maximum absolute atomic E-state index is 17.4. The molecule has 4 heterocycles. The summed E-state index contributed by atoms with van der Waals surface area (Å²) in [5.41, 5.74) is 3.88. The Morgan fingerprint density at radius 2 is 1.40 bits per heavy atom. The molecule has 83 heavy (non-hydrogen) atoms. The molecule has 0 radical (unpaired) electrons. The number of nitrogens with two attached hydrogens (primary N) is 1. The van der Waals surface area contributed by atoms with Gasteiger partial charge in [-0.3, -0.25) is 19.2 Å². The first-order valence-corrected chi connectivity index (χ1v) is 30.6. The number of aryl methyl sites for hydroxylation is 2. The zero-order chi connectivity index (χ0) is 59.3. The lowest BCUT2D eigenvalue weighted by molar-refractivity contribution is -0.182. The summed E-state index contributed by atoms with van der Waals surface area (Å²) in [6.45, 7) is 12.7. The summed E-state index contributed by atoms with van der Waals surface area (Å²) < 4.78 is 55.8. The molecular weight excluding hydrogens is 1090 g/mol. The van der Waals surface area contributed by atoms with Gasteiger partial charge in [-0.1, -0.05) is 44.4 Å². The van der Waals surface area contributed by atoms with Gasteiger partial charge in [-0.2, -0.15) is 0 Å². The third-order valence-electron chi connectivity index (χ3n) is 21.7. The van der Waals surface area contributed by atoms with Gasteiger partial charge >= 0.3 is 11.9 Å². The zero-order valence-corrected chi connectivity index (χ0v) is 49.7. The van der Waals surface area contributed by atoms with Crippen LogP contribution in [0.5, 0.6) is 5.75 Å². The number of benzene rings is 2. The molecule has 0 spiro atoms. The molecule has 5 saturated carbocycles. The minimum absolute atomic E-state index is 0.0103. The van der Waals surface area contributed by atoms with Crippen molar-refractivity contribution in [2.45, 2.75) is 181 Å².